The number of anilines is 2. The monoisotopic (exact) mass is 308 g/mol. The number of aliphatic carboxylic acids is 1. The summed E-state index contributed by atoms with van der Waals surface area (Å²) < 4.78 is 0. The van der Waals surface area contributed by atoms with Gasteiger partial charge >= 0.3 is 5.97 Å². The molecule has 2 aromatic carbocycles. The molecule has 1 heterocycles. The molecule has 3 rings (SSSR count). The van der Waals surface area contributed by atoms with E-state index in [4.69, 9.17) is 0 Å². The molecule has 0 spiro atoms. The summed E-state index contributed by atoms with van der Waals surface area (Å²) in [5.74, 6) is -1.34. The van der Waals surface area contributed by atoms with Crippen molar-refractivity contribution in [3.05, 3.63) is 71.8 Å². The molecule has 0 aliphatic carbocycles. The van der Waals surface area contributed by atoms with Crippen molar-refractivity contribution in [3.8, 4) is 0 Å². The summed E-state index contributed by atoms with van der Waals surface area (Å²) in [6.07, 6.45) is 1.80. The third kappa shape index (κ3) is 3.40. The van der Waals surface area contributed by atoms with Gasteiger partial charge in [0.25, 0.3) is 0 Å². The van der Waals surface area contributed by atoms with Crippen molar-refractivity contribution in [2.75, 3.05) is 10.6 Å². The quantitative estimate of drug-likeness (QED) is 0.762. The van der Waals surface area contributed by atoms with Gasteiger partial charge in [-0.1, -0.05) is 36.4 Å². The Hall–Kier alpha value is -3.08. The maximum absolute atomic E-state index is 12.2. The number of hydrogen-bond acceptors (Lipinski definition) is 3. The molecule has 0 saturated heterocycles. The second kappa shape index (κ2) is 6.36. The normalized spacial score (nSPS) is 17.9. The fourth-order valence-electron chi connectivity index (χ4n) is 2.61. The highest BCUT2D eigenvalue weighted by atomic mass is 16.4. The number of carbonyl (C=O) groups excluding carboxylic acids is 1. The van der Waals surface area contributed by atoms with Gasteiger partial charge in [-0.25, -0.2) is 4.79 Å². The Bertz CT molecular complexity index is 769. The first-order chi connectivity index (χ1) is 11.1. The number of rotatable bonds is 3. The molecule has 1 aliphatic rings. The van der Waals surface area contributed by atoms with E-state index < -0.39 is 12.0 Å². The lowest BCUT2D eigenvalue weighted by Gasteiger charge is -2.26. The topological polar surface area (TPSA) is 78.4 Å². The number of carbonyl (C=O) groups is 2. The molecule has 2 aromatic rings. The number of fused-ring (bicyclic) bond motifs is 1. The van der Waals surface area contributed by atoms with Crippen LogP contribution in [0.4, 0.5) is 11.4 Å². The zero-order valence-electron chi connectivity index (χ0n) is 12.3. The molecule has 1 atom stereocenters. The third-order valence-corrected chi connectivity index (χ3v) is 3.69. The van der Waals surface area contributed by atoms with Crippen LogP contribution in [0.1, 0.15) is 5.56 Å². The number of para-hydroxylation sites is 2. The van der Waals surface area contributed by atoms with Gasteiger partial charge in [0.05, 0.1) is 0 Å². The van der Waals surface area contributed by atoms with Crippen LogP contribution in [0.5, 0.6) is 0 Å². The van der Waals surface area contributed by atoms with Gasteiger partial charge < -0.3 is 15.7 Å². The van der Waals surface area contributed by atoms with Gasteiger partial charge in [0, 0.05) is 17.5 Å². The van der Waals surface area contributed by atoms with Gasteiger partial charge in [0.15, 0.2) is 0 Å². The smallest absolute Gasteiger partial charge is 0.330 e. The summed E-state index contributed by atoms with van der Waals surface area (Å²) >= 11 is 0. The van der Waals surface area contributed by atoms with Crippen molar-refractivity contribution in [3.63, 3.8) is 0 Å². The van der Waals surface area contributed by atoms with Gasteiger partial charge in [-0.3, -0.25) is 4.79 Å². The van der Waals surface area contributed by atoms with Crippen molar-refractivity contribution in [2.24, 2.45) is 0 Å². The van der Waals surface area contributed by atoms with Crippen LogP contribution in [0.25, 0.3) is 0 Å². The zero-order valence-corrected chi connectivity index (χ0v) is 12.3. The fraction of sp³-hybridized carbons (Fsp3) is 0.111. The van der Waals surface area contributed by atoms with Gasteiger partial charge in [-0.05, 0) is 35.8 Å². The lowest BCUT2D eigenvalue weighted by molar-refractivity contribution is -0.137. The number of carboxylic acids is 1. The predicted molar refractivity (Wildman–Crippen MR) is 88.3 cm³/mol. The molecular weight excluding hydrogens is 292 g/mol. The second-order valence-corrected chi connectivity index (χ2v) is 5.32. The number of hydrogen-bond donors (Lipinski definition) is 3. The maximum Gasteiger partial charge on any atom is 0.330 e. The van der Waals surface area contributed by atoms with Crippen molar-refractivity contribution in [1.82, 2.24) is 0 Å². The fourth-order valence-corrected chi connectivity index (χ4v) is 2.61. The molecule has 0 fully saturated rings. The van der Waals surface area contributed by atoms with E-state index in [1.165, 1.54) is 6.08 Å². The van der Waals surface area contributed by atoms with Crippen LogP contribution < -0.4 is 10.6 Å². The summed E-state index contributed by atoms with van der Waals surface area (Å²) in [6, 6.07) is 15.7. The highest BCUT2D eigenvalue weighted by Crippen LogP contribution is 2.28. The lowest BCUT2D eigenvalue weighted by atomic mass is 9.92. The zero-order chi connectivity index (χ0) is 16.2. The first kappa shape index (κ1) is 14.8. The Kier molecular flexibility index (Phi) is 4.10. The van der Waals surface area contributed by atoms with Crippen molar-refractivity contribution >= 4 is 23.3 Å². The maximum atomic E-state index is 12.2. The largest absolute Gasteiger partial charge is 0.479 e. The molecule has 0 bridgehead atoms. The summed E-state index contributed by atoms with van der Waals surface area (Å²) in [5, 5.41) is 15.1. The first-order valence-electron chi connectivity index (χ1n) is 7.27. The van der Waals surface area contributed by atoms with E-state index in [0.29, 0.717) is 17.7 Å². The van der Waals surface area contributed by atoms with E-state index in [-0.39, 0.29) is 5.91 Å². The Labute approximate surface area is 133 Å². The van der Waals surface area contributed by atoms with Crippen LogP contribution in [0, 0.1) is 0 Å². The van der Waals surface area contributed by atoms with E-state index in [9.17, 15) is 14.7 Å². The molecule has 1 unspecified atom stereocenters. The summed E-state index contributed by atoms with van der Waals surface area (Å²) in [7, 11) is 0. The van der Waals surface area contributed by atoms with Crippen LogP contribution >= 0.6 is 0 Å². The highest BCUT2D eigenvalue weighted by Gasteiger charge is 2.28. The molecule has 1 amide bonds. The lowest BCUT2D eigenvalue weighted by Crippen LogP contribution is -2.36. The van der Waals surface area contributed by atoms with Crippen LogP contribution in [-0.2, 0) is 16.0 Å². The minimum absolute atomic E-state index is 0.335. The number of benzene rings is 2. The SMILES string of the molecule is O=C(C=C1Cc2ccccc2NC1C(=O)O)Nc1ccccc1. The molecule has 0 radical (unpaired) electrons. The van der Waals surface area contributed by atoms with Crippen LogP contribution in [0.3, 0.4) is 0 Å². The molecule has 5 nitrogen and oxygen atoms in total. The van der Waals surface area contributed by atoms with Crippen LogP contribution in [0.15, 0.2) is 66.2 Å². The van der Waals surface area contributed by atoms with Crippen molar-refractivity contribution in [1.29, 1.82) is 0 Å². The number of nitrogens with one attached hydrogen (secondary N) is 2. The molecule has 5 heteroatoms. The molecular formula is C18H16N2O3. The van der Waals surface area contributed by atoms with Gasteiger partial charge in [-0.15, -0.1) is 0 Å². The minimum Gasteiger partial charge on any atom is -0.479 e. The van der Waals surface area contributed by atoms with E-state index in [1.807, 2.05) is 42.5 Å². The van der Waals surface area contributed by atoms with Crippen LogP contribution in [-0.4, -0.2) is 23.0 Å². The van der Waals surface area contributed by atoms with Crippen molar-refractivity contribution in [2.45, 2.75) is 12.5 Å². The first-order valence-corrected chi connectivity index (χ1v) is 7.27. The Morgan fingerprint density at radius 2 is 1.78 bits per heavy atom. The summed E-state index contributed by atoms with van der Waals surface area (Å²) in [5.41, 5.74) is 2.97. The molecule has 116 valence electrons. The molecule has 0 saturated carbocycles. The Balaban J connectivity index is 1.84. The van der Waals surface area contributed by atoms with Gasteiger partial charge in [-0.2, -0.15) is 0 Å². The van der Waals surface area contributed by atoms with Gasteiger partial charge in [0.2, 0.25) is 5.91 Å². The standard InChI is InChI=1S/C18H16N2O3/c21-16(19-14-7-2-1-3-8-14)11-13-10-12-6-4-5-9-15(12)20-17(13)18(22)23/h1-9,11,17,20H,10H2,(H,19,21)(H,22,23). The molecule has 3 N–H and O–H groups in total. The second-order valence-electron chi connectivity index (χ2n) is 5.32. The highest BCUT2D eigenvalue weighted by molar-refractivity contribution is 6.01. The van der Waals surface area contributed by atoms with Gasteiger partial charge in [0.1, 0.15) is 6.04 Å². The molecule has 1 aliphatic heterocycles. The van der Waals surface area contributed by atoms with E-state index in [0.717, 1.165) is 11.3 Å². The van der Waals surface area contributed by atoms with E-state index >= 15 is 0 Å². The molecule has 23 heavy (non-hydrogen) atoms. The Morgan fingerprint density at radius 1 is 1.09 bits per heavy atom. The number of amides is 1. The number of carboxylic acid groups (broad SMARTS) is 1. The predicted octanol–water partition coefficient (Wildman–Crippen LogP) is 2.67. The minimum atomic E-state index is -1.00. The van der Waals surface area contributed by atoms with E-state index in [2.05, 4.69) is 10.6 Å². The average molecular weight is 308 g/mol. The summed E-state index contributed by atoms with van der Waals surface area (Å²) in [6.45, 7) is 0. The third-order valence-electron chi connectivity index (χ3n) is 3.69. The van der Waals surface area contributed by atoms with Crippen molar-refractivity contribution < 1.29 is 14.7 Å². The van der Waals surface area contributed by atoms with E-state index in [1.54, 1.807) is 12.1 Å². The average Bonchev–Trinajstić information content (AvgIpc) is 2.55. The molecule has 0 aromatic heterocycles. The Morgan fingerprint density at radius 3 is 2.52 bits per heavy atom. The summed E-state index contributed by atoms with van der Waals surface area (Å²) in [4.78, 5) is 23.6. The van der Waals surface area contributed by atoms with Crippen LogP contribution in [0.2, 0.25) is 0 Å².